The summed E-state index contributed by atoms with van der Waals surface area (Å²) in [5.74, 6) is -0.610. The van der Waals surface area contributed by atoms with Crippen molar-refractivity contribution in [3.8, 4) is 5.75 Å². The monoisotopic (exact) mass is 236 g/mol. The molecule has 0 bridgehead atoms. The van der Waals surface area contributed by atoms with E-state index in [1.807, 2.05) is 0 Å². The van der Waals surface area contributed by atoms with Gasteiger partial charge in [-0.25, -0.2) is 0 Å². The smallest absolute Gasteiger partial charge is 0.269 e. The van der Waals surface area contributed by atoms with Gasteiger partial charge in [-0.1, -0.05) is 0 Å². The maximum absolute atomic E-state index is 11.2. The van der Waals surface area contributed by atoms with Crippen molar-refractivity contribution in [3.63, 3.8) is 0 Å². The van der Waals surface area contributed by atoms with Crippen molar-refractivity contribution in [3.05, 3.63) is 34.4 Å². The van der Waals surface area contributed by atoms with Gasteiger partial charge in [-0.15, -0.1) is 5.06 Å². The highest BCUT2D eigenvalue weighted by Crippen LogP contribution is 2.20. The number of nitrogens with zero attached hydrogens (tertiary/aromatic N) is 2. The summed E-state index contributed by atoms with van der Waals surface area (Å²) in [6.45, 7) is 0. The average Bonchev–Trinajstić information content (AvgIpc) is 2.61. The van der Waals surface area contributed by atoms with Crippen LogP contribution >= 0.6 is 0 Å². The molecule has 1 saturated heterocycles. The van der Waals surface area contributed by atoms with E-state index in [2.05, 4.69) is 0 Å². The Morgan fingerprint density at radius 2 is 1.65 bits per heavy atom. The Labute approximate surface area is 95.7 Å². The Hall–Kier alpha value is -2.44. The molecule has 1 fully saturated rings. The molecule has 1 aromatic rings. The maximum atomic E-state index is 11.2. The molecular weight excluding hydrogens is 228 g/mol. The topological polar surface area (TPSA) is 89.8 Å². The van der Waals surface area contributed by atoms with Gasteiger partial charge >= 0.3 is 0 Å². The number of non-ortho nitro benzene ring substituents is 1. The normalized spacial score (nSPS) is 15.2. The number of carbonyl (C=O) groups excluding carboxylic acids is 2. The molecular formula is C10H8N2O5. The third-order valence-electron chi connectivity index (χ3n) is 2.25. The molecule has 0 aliphatic carbocycles. The lowest BCUT2D eigenvalue weighted by atomic mass is 10.3. The zero-order chi connectivity index (χ0) is 12.4. The number of hydroxylamine groups is 2. The van der Waals surface area contributed by atoms with Crippen LogP contribution in [0.2, 0.25) is 0 Å². The molecule has 0 spiro atoms. The number of nitro groups is 1. The average molecular weight is 236 g/mol. The molecule has 7 heteroatoms. The summed E-state index contributed by atoms with van der Waals surface area (Å²) in [7, 11) is 0. The highest BCUT2D eigenvalue weighted by molar-refractivity contribution is 6.00. The van der Waals surface area contributed by atoms with E-state index in [4.69, 9.17) is 4.84 Å². The van der Waals surface area contributed by atoms with Gasteiger partial charge < -0.3 is 4.84 Å². The minimum atomic E-state index is -0.546. The van der Waals surface area contributed by atoms with Gasteiger partial charge in [-0.2, -0.15) is 0 Å². The zero-order valence-electron chi connectivity index (χ0n) is 8.66. The Morgan fingerprint density at radius 1 is 1.12 bits per heavy atom. The van der Waals surface area contributed by atoms with Crippen LogP contribution in [0, 0.1) is 10.1 Å². The maximum Gasteiger partial charge on any atom is 0.269 e. The first-order chi connectivity index (χ1) is 8.08. The van der Waals surface area contributed by atoms with Crippen LogP contribution in [0.15, 0.2) is 24.3 Å². The highest BCUT2D eigenvalue weighted by Gasteiger charge is 2.31. The summed E-state index contributed by atoms with van der Waals surface area (Å²) in [4.78, 5) is 37.4. The number of imide groups is 1. The van der Waals surface area contributed by atoms with Gasteiger partial charge in [0.1, 0.15) is 0 Å². The van der Waals surface area contributed by atoms with E-state index < -0.39 is 16.7 Å². The molecule has 1 aliphatic rings. The fourth-order valence-corrected chi connectivity index (χ4v) is 1.39. The summed E-state index contributed by atoms with van der Waals surface area (Å²) in [6.07, 6.45) is 0.262. The van der Waals surface area contributed by atoms with Crippen LogP contribution in [0.1, 0.15) is 12.8 Å². The standard InChI is InChI=1S/C10H8N2O5/c13-9-5-6-10(14)11(9)17-8-3-1-7(2-4-8)12(15)16/h1-4H,5-6H2. The predicted octanol–water partition coefficient (Wildman–Crippen LogP) is 1.04. The van der Waals surface area contributed by atoms with Crippen LogP contribution in [0.4, 0.5) is 5.69 Å². The van der Waals surface area contributed by atoms with Gasteiger partial charge in [-0.05, 0) is 12.1 Å². The molecule has 1 aliphatic heterocycles. The van der Waals surface area contributed by atoms with E-state index in [-0.39, 0.29) is 24.3 Å². The van der Waals surface area contributed by atoms with Crippen LogP contribution in [0.3, 0.4) is 0 Å². The fourth-order valence-electron chi connectivity index (χ4n) is 1.39. The first kappa shape index (κ1) is 11.1. The number of rotatable bonds is 3. The Kier molecular flexibility index (Phi) is 2.73. The Bertz CT molecular complexity index is 466. The molecule has 0 saturated carbocycles. The van der Waals surface area contributed by atoms with E-state index in [0.29, 0.717) is 5.06 Å². The summed E-state index contributed by atoms with van der Waals surface area (Å²) >= 11 is 0. The molecule has 0 radical (unpaired) electrons. The van der Waals surface area contributed by atoms with Crippen LogP contribution in [-0.2, 0) is 9.59 Å². The first-order valence-corrected chi connectivity index (χ1v) is 4.86. The predicted molar refractivity (Wildman–Crippen MR) is 54.8 cm³/mol. The third kappa shape index (κ3) is 2.22. The largest absolute Gasteiger partial charge is 0.369 e. The summed E-state index contributed by atoms with van der Waals surface area (Å²) in [5, 5.41) is 11.1. The molecule has 0 atom stereocenters. The van der Waals surface area contributed by atoms with Crippen molar-refractivity contribution in [1.29, 1.82) is 0 Å². The minimum Gasteiger partial charge on any atom is -0.369 e. The number of hydrogen-bond acceptors (Lipinski definition) is 5. The number of benzene rings is 1. The SMILES string of the molecule is O=C1CCC(=O)N1Oc1ccc([N+](=O)[O-])cc1. The molecule has 2 amide bonds. The molecule has 1 heterocycles. The van der Waals surface area contributed by atoms with Crippen molar-refractivity contribution >= 4 is 17.5 Å². The lowest BCUT2D eigenvalue weighted by Crippen LogP contribution is -2.32. The van der Waals surface area contributed by atoms with Gasteiger partial charge in [0.05, 0.1) is 4.92 Å². The quantitative estimate of drug-likeness (QED) is 0.444. The third-order valence-corrected chi connectivity index (χ3v) is 2.25. The van der Waals surface area contributed by atoms with E-state index in [0.717, 1.165) is 0 Å². The molecule has 1 aromatic carbocycles. The molecule has 0 unspecified atom stereocenters. The van der Waals surface area contributed by atoms with Gasteiger partial charge in [0, 0.05) is 25.0 Å². The van der Waals surface area contributed by atoms with Gasteiger partial charge in [0.2, 0.25) is 0 Å². The van der Waals surface area contributed by atoms with E-state index >= 15 is 0 Å². The Balaban J connectivity index is 2.11. The molecule has 2 rings (SSSR count). The second kappa shape index (κ2) is 4.20. The van der Waals surface area contributed by atoms with Gasteiger partial charge in [0.15, 0.2) is 5.75 Å². The van der Waals surface area contributed by atoms with Crippen LogP contribution in [0.5, 0.6) is 5.75 Å². The second-order valence-electron chi connectivity index (χ2n) is 3.42. The molecule has 0 aromatic heterocycles. The summed E-state index contributed by atoms with van der Waals surface area (Å²) in [5.41, 5.74) is -0.0866. The zero-order valence-corrected chi connectivity index (χ0v) is 8.66. The number of hydrogen-bond donors (Lipinski definition) is 0. The molecule has 7 nitrogen and oxygen atoms in total. The fraction of sp³-hybridized carbons (Fsp3) is 0.200. The van der Waals surface area contributed by atoms with Crippen molar-refractivity contribution in [2.24, 2.45) is 0 Å². The first-order valence-electron chi connectivity index (χ1n) is 4.86. The second-order valence-corrected chi connectivity index (χ2v) is 3.42. The minimum absolute atomic E-state index is 0.0866. The van der Waals surface area contributed by atoms with Crippen molar-refractivity contribution < 1.29 is 19.3 Å². The van der Waals surface area contributed by atoms with E-state index in [1.54, 1.807) is 0 Å². The Morgan fingerprint density at radius 3 is 2.12 bits per heavy atom. The molecule has 17 heavy (non-hydrogen) atoms. The van der Waals surface area contributed by atoms with Crippen LogP contribution in [-0.4, -0.2) is 21.8 Å². The number of carbonyl (C=O) groups is 2. The van der Waals surface area contributed by atoms with Crippen LogP contribution in [0.25, 0.3) is 0 Å². The van der Waals surface area contributed by atoms with Crippen molar-refractivity contribution in [1.82, 2.24) is 5.06 Å². The molecule has 88 valence electrons. The van der Waals surface area contributed by atoms with E-state index in [1.165, 1.54) is 24.3 Å². The van der Waals surface area contributed by atoms with Crippen LogP contribution < -0.4 is 4.84 Å². The lowest BCUT2D eigenvalue weighted by Gasteiger charge is -2.13. The summed E-state index contributed by atoms with van der Waals surface area (Å²) in [6, 6.07) is 5.13. The summed E-state index contributed by atoms with van der Waals surface area (Å²) < 4.78 is 0. The lowest BCUT2D eigenvalue weighted by molar-refractivity contribution is -0.384. The highest BCUT2D eigenvalue weighted by atomic mass is 16.7. The van der Waals surface area contributed by atoms with Crippen molar-refractivity contribution in [2.75, 3.05) is 0 Å². The molecule has 0 N–H and O–H groups in total. The number of nitro benzene ring substituents is 1. The number of amides is 2. The van der Waals surface area contributed by atoms with Gasteiger partial charge in [-0.3, -0.25) is 19.7 Å². The van der Waals surface area contributed by atoms with E-state index in [9.17, 15) is 19.7 Å². The van der Waals surface area contributed by atoms with Gasteiger partial charge in [0.25, 0.3) is 17.5 Å². The van der Waals surface area contributed by atoms with Crippen molar-refractivity contribution in [2.45, 2.75) is 12.8 Å².